The van der Waals surface area contributed by atoms with Crippen LogP contribution >= 0.6 is 12.4 Å². The lowest BCUT2D eigenvalue weighted by molar-refractivity contribution is -0.127. The number of rotatable bonds is 3. The van der Waals surface area contributed by atoms with Crippen molar-refractivity contribution in [3.8, 4) is 0 Å². The molecule has 1 aliphatic heterocycles. The van der Waals surface area contributed by atoms with Crippen molar-refractivity contribution in [3.63, 3.8) is 0 Å². The average molecular weight is 347 g/mol. The molecule has 2 N–H and O–H groups in total. The van der Waals surface area contributed by atoms with E-state index in [9.17, 15) is 13.6 Å². The van der Waals surface area contributed by atoms with Crippen molar-refractivity contribution in [2.24, 2.45) is 11.3 Å². The van der Waals surface area contributed by atoms with Gasteiger partial charge in [0.25, 0.3) is 0 Å². The number of piperidine rings is 1. The summed E-state index contributed by atoms with van der Waals surface area (Å²) in [5, 5.41) is 6.16. The van der Waals surface area contributed by atoms with Gasteiger partial charge < -0.3 is 10.6 Å². The van der Waals surface area contributed by atoms with Crippen molar-refractivity contribution in [3.05, 3.63) is 35.4 Å². The maximum Gasteiger partial charge on any atom is 0.224 e. The second kappa shape index (κ2) is 8.06. The number of amides is 1. The van der Waals surface area contributed by atoms with E-state index in [0.29, 0.717) is 12.1 Å². The zero-order valence-electron chi connectivity index (χ0n) is 13.8. The fourth-order valence-electron chi connectivity index (χ4n) is 2.83. The molecule has 1 amide bonds. The molecule has 0 saturated carbocycles. The number of carbonyl (C=O) groups excluding carboxylic acids is 1. The van der Waals surface area contributed by atoms with Gasteiger partial charge in [-0.15, -0.1) is 12.4 Å². The van der Waals surface area contributed by atoms with Crippen LogP contribution in [0.2, 0.25) is 0 Å². The molecule has 0 radical (unpaired) electrons. The van der Waals surface area contributed by atoms with Crippen LogP contribution in [-0.2, 0) is 4.79 Å². The van der Waals surface area contributed by atoms with Crippen molar-refractivity contribution >= 4 is 18.3 Å². The zero-order valence-corrected chi connectivity index (χ0v) is 14.6. The van der Waals surface area contributed by atoms with Gasteiger partial charge >= 0.3 is 0 Å². The molecule has 130 valence electrons. The molecule has 23 heavy (non-hydrogen) atoms. The summed E-state index contributed by atoms with van der Waals surface area (Å²) in [5.74, 6) is -1.41. The lowest BCUT2D eigenvalue weighted by Gasteiger charge is -2.34. The van der Waals surface area contributed by atoms with E-state index in [0.717, 1.165) is 25.5 Å². The molecule has 0 bridgehead atoms. The van der Waals surface area contributed by atoms with Gasteiger partial charge in [-0.2, -0.15) is 0 Å². The summed E-state index contributed by atoms with van der Waals surface area (Å²) < 4.78 is 27.2. The van der Waals surface area contributed by atoms with E-state index in [1.54, 1.807) is 0 Å². The van der Waals surface area contributed by atoms with Crippen LogP contribution in [-0.4, -0.2) is 19.0 Å². The van der Waals surface area contributed by atoms with Crippen molar-refractivity contribution in [2.75, 3.05) is 13.1 Å². The van der Waals surface area contributed by atoms with Gasteiger partial charge in [0, 0.05) is 18.2 Å². The quantitative estimate of drug-likeness (QED) is 0.878. The molecule has 1 saturated heterocycles. The number of hydrogen-bond acceptors (Lipinski definition) is 2. The Morgan fingerprint density at radius 1 is 1.35 bits per heavy atom. The fraction of sp³-hybridized carbons (Fsp3) is 0.588. The largest absolute Gasteiger partial charge is 0.348 e. The minimum absolute atomic E-state index is 0. The maximum atomic E-state index is 14.1. The molecule has 3 nitrogen and oxygen atoms in total. The van der Waals surface area contributed by atoms with Crippen molar-refractivity contribution in [1.29, 1.82) is 0 Å². The van der Waals surface area contributed by atoms with Crippen LogP contribution in [0.15, 0.2) is 18.2 Å². The Hall–Kier alpha value is -1.20. The molecule has 1 aliphatic rings. The Balaban J connectivity index is 0.00000264. The van der Waals surface area contributed by atoms with Gasteiger partial charge in [0.1, 0.15) is 11.6 Å². The first-order valence-electron chi connectivity index (χ1n) is 7.75. The van der Waals surface area contributed by atoms with Crippen LogP contribution < -0.4 is 10.6 Å². The lowest BCUT2D eigenvalue weighted by Crippen LogP contribution is -2.44. The van der Waals surface area contributed by atoms with Crippen LogP contribution in [0.3, 0.4) is 0 Å². The first kappa shape index (κ1) is 19.8. The third kappa shape index (κ3) is 5.15. The SMILES string of the molecule is CC(C)(C)C(NC(=O)C1CCCNC1)c1ccc(F)cc1F.Cl. The first-order chi connectivity index (χ1) is 10.3. The molecule has 0 aromatic heterocycles. The van der Waals surface area contributed by atoms with Gasteiger partial charge in [-0.05, 0) is 30.9 Å². The third-order valence-electron chi connectivity index (χ3n) is 4.09. The third-order valence-corrected chi connectivity index (χ3v) is 4.09. The van der Waals surface area contributed by atoms with E-state index in [-0.39, 0.29) is 29.6 Å². The second-order valence-corrected chi connectivity index (χ2v) is 7.02. The van der Waals surface area contributed by atoms with Crippen molar-refractivity contribution < 1.29 is 13.6 Å². The highest BCUT2D eigenvalue weighted by Gasteiger charge is 2.32. The van der Waals surface area contributed by atoms with Crippen LogP contribution in [0.4, 0.5) is 8.78 Å². The van der Waals surface area contributed by atoms with Crippen molar-refractivity contribution in [1.82, 2.24) is 10.6 Å². The zero-order chi connectivity index (χ0) is 16.3. The van der Waals surface area contributed by atoms with Gasteiger partial charge in [0.2, 0.25) is 5.91 Å². The summed E-state index contributed by atoms with van der Waals surface area (Å²) in [4.78, 5) is 12.5. The van der Waals surface area contributed by atoms with Gasteiger partial charge in [-0.3, -0.25) is 4.79 Å². The standard InChI is InChI=1S/C17H24F2N2O.ClH/c1-17(2,3)15(13-7-6-12(18)9-14(13)19)21-16(22)11-5-4-8-20-10-11;/h6-7,9,11,15,20H,4-5,8,10H2,1-3H3,(H,21,22);1H. The van der Waals surface area contributed by atoms with Crippen LogP contribution in [0, 0.1) is 23.0 Å². The summed E-state index contributed by atoms with van der Waals surface area (Å²) in [6.07, 6.45) is 1.80. The molecule has 0 aliphatic carbocycles. The number of hydrogen-bond donors (Lipinski definition) is 2. The van der Waals surface area contributed by atoms with Crippen LogP contribution in [0.25, 0.3) is 0 Å². The number of carbonyl (C=O) groups is 1. The van der Waals surface area contributed by atoms with Crippen molar-refractivity contribution in [2.45, 2.75) is 39.7 Å². The summed E-state index contributed by atoms with van der Waals surface area (Å²) in [5.41, 5.74) is -0.0535. The van der Waals surface area contributed by atoms with E-state index >= 15 is 0 Å². The first-order valence-corrected chi connectivity index (χ1v) is 7.75. The molecule has 6 heteroatoms. The molecule has 1 heterocycles. The minimum Gasteiger partial charge on any atom is -0.348 e. The Morgan fingerprint density at radius 3 is 2.57 bits per heavy atom. The Bertz CT molecular complexity index is 540. The molecule has 1 aromatic rings. The van der Waals surface area contributed by atoms with E-state index < -0.39 is 17.7 Å². The lowest BCUT2D eigenvalue weighted by atomic mass is 9.81. The predicted octanol–water partition coefficient (Wildman–Crippen LogP) is 3.59. The van der Waals surface area contributed by atoms with Gasteiger partial charge in [-0.25, -0.2) is 8.78 Å². The smallest absolute Gasteiger partial charge is 0.224 e. The van der Waals surface area contributed by atoms with Gasteiger partial charge in [0.05, 0.1) is 12.0 Å². The fourth-order valence-corrected chi connectivity index (χ4v) is 2.83. The maximum absolute atomic E-state index is 14.1. The topological polar surface area (TPSA) is 41.1 Å². The molecule has 2 atom stereocenters. The summed E-state index contributed by atoms with van der Waals surface area (Å²) in [7, 11) is 0. The second-order valence-electron chi connectivity index (χ2n) is 7.02. The molecule has 1 aromatic carbocycles. The van der Waals surface area contributed by atoms with E-state index in [4.69, 9.17) is 0 Å². The van der Waals surface area contributed by atoms with Crippen LogP contribution in [0.5, 0.6) is 0 Å². The van der Waals surface area contributed by atoms with Gasteiger partial charge in [0.15, 0.2) is 0 Å². The predicted molar refractivity (Wildman–Crippen MR) is 89.5 cm³/mol. The molecule has 1 fully saturated rings. The Morgan fingerprint density at radius 2 is 2.04 bits per heavy atom. The van der Waals surface area contributed by atoms with E-state index in [2.05, 4.69) is 10.6 Å². The minimum atomic E-state index is -0.623. The molecular formula is C17H25ClF2N2O. The molecule has 2 unspecified atom stereocenters. The number of nitrogens with one attached hydrogen (secondary N) is 2. The highest BCUT2D eigenvalue weighted by molar-refractivity contribution is 5.85. The van der Waals surface area contributed by atoms with E-state index in [1.807, 2.05) is 20.8 Å². The average Bonchev–Trinajstić information content (AvgIpc) is 2.45. The Labute approximate surface area is 142 Å². The highest BCUT2D eigenvalue weighted by Crippen LogP contribution is 2.34. The monoisotopic (exact) mass is 346 g/mol. The molecule has 2 rings (SSSR count). The normalized spacial score (nSPS) is 19.6. The highest BCUT2D eigenvalue weighted by atomic mass is 35.5. The van der Waals surface area contributed by atoms with E-state index in [1.165, 1.54) is 12.1 Å². The number of benzene rings is 1. The summed E-state index contributed by atoms with van der Waals surface area (Å²) in [6.45, 7) is 7.37. The molecular weight excluding hydrogens is 322 g/mol. The van der Waals surface area contributed by atoms with Gasteiger partial charge in [-0.1, -0.05) is 26.8 Å². The summed E-state index contributed by atoms with van der Waals surface area (Å²) >= 11 is 0. The van der Waals surface area contributed by atoms with Crippen LogP contribution in [0.1, 0.15) is 45.2 Å². The Kier molecular flexibility index (Phi) is 6.96. The number of halogens is 3. The molecule has 0 spiro atoms. The summed E-state index contributed by atoms with van der Waals surface area (Å²) in [6, 6.07) is 3.01.